The van der Waals surface area contributed by atoms with E-state index in [0.29, 0.717) is 18.1 Å². The fourth-order valence-electron chi connectivity index (χ4n) is 2.71. The SMILES string of the molecule is CCCOC1CCCN(CCc2c[nH]c(=O)n(C)c2=O)C1. The van der Waals surface area contributed by atoms with Gasteiger partial charge in [-0.2, -0.15) is 0 Å². The molecule has 0 saturated carbocycles. The molecule has 1 fully saturated rings. The lowest BCUT2D eigenvalue weighted by molar-refractivity contribution is 0.000298. The van der Waals surface area contributed by atoms with Gasteiger partial charge >= 0.3 is 5.69 Å². The topological polar surface area (TPSA) is 67.3 Å². The summed E-state index contributed by atoms with van der Waals surface area (Å²) in [6.45, 7) is 5.75. The maximum Gasteiger partial charge on any atom is 0.328 e. The van der Waals surface area contributed by atoms with Crippen molar-refractivity contribution in [2.75, 3.05) is 26.2 Å². The van der Waals surface area contributed by atoms with Gasteiger partial charge in [0.15, 0.2) is 0 Å². The van der Waals surface area contributed by atoms with Crippen LogP contribution in [0, 0.1) is 0 Å². The lowest BCUT2D eigenvalue weighted by Crippen LogP contribution is -2.41. The van der Waals surface area contributed by atoms with Gasteiger partial charge in [0, 0.05) is 38.5 Å². The van der Waals surface area contributed by atoms with Crippen LogP contribution in [0.3, 0.4) is 0 Å². The molecule has 0 radical (unpaired) electrons. The van der Waals surface area contributed by atoms with Crippen molar-refractivity contribution in [1.82, 2.24) is 14.5 Å². The minimum Gasteiger partial charge on any atom is -0.377 e. The fraction of sp³-hybridized carbons (Fsp3) is 0.733. The molecule has 1 unspecified atom stereocenters. The Morgan fingerprint density at radius 1 is 1.43 bits per heavy atom. The molecule has 1 aromatic heterocycles. The molecule has 0 amide bonds. The maximum atomic E-state index is 12.0. The van der Waals surface area contributed by atoms with Crippen LogP contribution in [0.4, 0.5) is 0 Å². The Kier molecular flexibility index (Phi) is 5.76. The summed E-state index contributed by atoms with van der Waals surface area (Å²) in [5.74, 6) is 0. The van der Waals surface area contributed by atoms with Crippen molar-refractivity contribution in [2.24, 2.45) is 7.05 Å². The molecule has 1 N–H and O–H groups in total. The Bertz CT molecular complexity index is 564. The molecular weight excluding hydrogens is 270 g/mol. The second-order valence-corrected chi connectivity index (χ2v) is 5.67. The van der Waals surface area contributed by atoms with E-state index in [2.05, 4.69) is 16.8 Å². The molecule has 1 aliphatic heterocycles. The van der Waals surface area contributed by atoms with Crippen LogP contribution in [-0.2, 0) is 18.2 Å². The number of nitrogens with zero attached hydrogens (tertiary/aromatic N) is 2. The number of piperidine rings is 1. The van der Waals surface area contributed by atoms with Crippen molar-refractivity contribution in [3.63, 3.8) is 0 Å². The van der Waals surface area contributed by atoms with Crippen molar-refractivity contribution in [3.05, 3.63) is 32.6 Å². The molecule has 0 bridgehead atoms. The third kappa shape index (κ3) is 4.28. The van der Waals surface area contributed by atoms with Gasteiger partial charge in [0.1, 0.15) is 0 Å². The normalized spacial score (nSPS) is 19.8. The number of nitrogens with one attached hydrogen (secondary N) is 1. The Labute approximate surface area is 124 Å². The molecular formula is C15H25N3O3. The van der Waals surface area contributed by atoms with Crippen LogP contribution in [0.2, 0.25) is 0 Å². The number of H-pyrrole nitrogens is 1. The summed E-state index contributed by atoms with van der Waals surface area (Å²) in [5.41, 5.74) is 0.0954. The first-order chi connectivity index (χ1) is 10.1. The molecule has 1 aromatic rings. The smallest absolute Gasteiger partial charge is 0.328 e. The van der Waals surface area contributed by atoms with Gasteiger partial charge in [-0.05, 0) is 32.2 Å². The minimum atomic E-state index is -0.366. The highest BCUT2D eigenvalue weighted by atomic mass is 16.5. The molecule has 1 atom stereocenters. The average Bonchev–Trinajstić information content (AvgIpc) is 2.50. The van der Waals surface area contributed by atoms with Crippen LogP contribution in [0.5, 0.6) is 0 Å². The number of ether oxygens (including phenoxy) is 1. The standard InChI is InChI=1S/C15H25N3O3/c1-3-9-21-13-5-4-7-18(11-13)8-6-12-10-16-15(20)17(2)14(12)19/h10,13H,3-9,11H2,1-2H3,(H,16,20). The zero-order valence-corrected chi connectivity index (χ0v) is 12.9. The van der Waals surface area contributed by atoms with E-state index >= 15 is 0 Å². The number of aromatic amines is 1. The van der Waals surface area contributed by atoms with Gasteiger partial charge in [-0.3, -0.25) is 9.36 Å². The van der Waals surface area contributed by atoms with Gasteiger partial charge in [0.25, 0.3) is 5.56 Å². The largest absolute Gasteiger partial charge is 0.377 e. The summed E-state index contributed by atoms with van der Waals surface area (Å²) in [6.07, 6.45) is 5.82. The predicted octanol–water partition coefficient (Wildman–Crippen LogP) is 0.507. The first-order valence-electron chi connectivity index (χ1n) is 7.73. The number of aromatic nitrogens is 2. The summed E-state index contributed by atoms with van der Waals surface area (Å²) in [4.78, 5) is 28.2. The zero-order chi connectivity index (χ0) is 15.2. The highest BCUT2D eigenvalue weighted by molar-refractivity contribution is 5.05. The lowest BCUT2D eigenvalue weighted by Gasteiger charge is -2.32. The van der Waals surface area contributed by atoms with Crippen molar-refractivity contribution in [3.8, 4) is 0 Å². The molecule has 1 saturated heterocycles. The van der Waals surface area contributed by atoms with Gasteiger partial charge in [-0.15, -0.1) is 0 Å². The van der Waals surface area contributed by atoms with Gasteiger partial charge in [-0.25, -0.2) is 4.79 Å². The van der Waals surface area contributed by atoms with E-state index in [1.807, 2.05) is 0 Å². The molecule has 1 aliphatic rings. The maximum absolute atomic E-state index is 12.0. The first kappa shape index (κ1) is 16.0. The van der Waals surface area contributed by atoms with Crippen LogP contribution >= 0.6 is 0 Å². The van der Waals surface area contributed by atoms with Gasteiger partial charge in [0.2, 0.25) is 0 Å². The summed E-state index contributed by atoms with van der Waals surface area (Å²) in [6, 6.07) is 0. The Morgan fingerprint density at radius 3 is 3.00 bits per heavy atom. The molecule has 0 spiro atoms. The molecule has 0 aliphatic carbocycles. The predicted molar refractivity (Wildman–Crippen MR) is 81.7 cm³/mol. The summed E-state index contributed by atoms with van der Waals surface area (Å²) in [5, 5.41) is 0. The Balaban J connectivity index is 1.89. The van der Waals surface area contributed by atoms with Crippen molar-refractivity contribution >= 4 is 0 Å². The molecule has 6 heteroatoms. The second-order valence-electron chi connectivity index (χ2n) is 5.67. The fourth-order valence-corrected chi connectivity index (χ4v) is 2.71. The lowest BCUT2D eigenvalue weighted by atomic mass is 10.1. The monoisotopic (exact) mass is 295 g/mol. The van der Waals surface area contributed by atoms with E-state index < -0.39 is 0 Å². The first-order valence-corrected chi connectivity index (χ1v) is 7.73. The molecule has 118 valence electrons. The third-order valence-electron chi connectivity index (χ3n) is 3.97. The number of hydrogen-bond acceptors (Lipinski definition) is 4. The number of likely N-dealkylation sites (tertiary alicyclic amines) is 1. The third-order valence-corrected chi connectivity index (χ3v) is 3.97. The number of hydrogen-bond donors (Lipinski definition) is 1. The summed E-state index contributed by atoms with van der Waals surface area (Å²) < 4.78 is 6.94. The second kappa shape index (κ2) is 7.56. The van der Waals surface area contributed by atoms with E-state index in [9.17, 15) is 9.59 Å². The van der Waals surface area contributed by atoms with E-state index in [4.69, 9.17) is 4.74 Å². The van der Waals surface area contributed by atoms with Gasteiger partial charge < -0.3 is 14.6 Å². The summed E-state index contributed by atoms with van der Waals surface area (Å²) in [7, 11) is 1.50. The molecule has 0 aromatic carbocycles. The Morgan fingerprint density at radius 2 is 2.24 bits per heavy atom. The van der Waals surface area contributed by atoms with Crippen molar-refractivity contribution in [1.29, 1.82) is 0 Å². The average molecular weight is 295 g/mol. The van der Waals surface area contributed by atoms with Crippen LogP contribution in [0.25, 0.3) is 0 Å². The van der Waals surface area contributed by atoms with Crippen LogP contribution in [0.1, 0.15) is 31.7 Å². The van der Waals surface area contributed by atoms with E-state index in [1.54, 1.807) is 6.20 Å². The van der Waals surface area contributed by atoms with E-state index in [1.165, 1.54) is 7.05 Å². The van der Waals surface area contributed by atoms with Gasteiger partial charge in [-0.1, -0.05) is 6.92 Å². The van der Waals surface area contributed by atoms with Crippen LogP contribution < -0.4 is 11.2 Å². The molecule has 2 heterocycles. The molecule has 2 rings (SSSR count). The van der Waals surface area contributed by atoms with Crippen LogP contribution in [0.15, 0.2) is 15.8 Å². The van der Waals surface area contributed by atoms with Gasteiger partial charge in [0.05, 0.1) is 6.10 Å². The van der Waals surface area contributed by atoms with E-state index in [-0.39, 0.29) is 11.2 Å². The van der Waals surface area contributed by atoms with Crippen molar-refractivity contribution in [2.45, 2.75) is 38.7 Å². The molecule has 6 nitrogen and oxygen atoms in total. The van der Waals surface area contributed by atoms with Crippen LogP contribution in [-0.4, -0.2) is 46.8 Å². The molecule has 21 heavy (non-hydrogen) atoms. The zero-order valence-electron chi connectivity index (χ0n) is 12.9. The minimum absolute atomic E-state index is 0.199. The van der Waals surface area contributed by atoms with Crippen molar-refractivity contribution < 1.29 is 4.74 Å². The number of rotatable bonds is 6. The van der Waals surface area contributed by atoms with E-state index in [0.717, 1.165) is 50.1 Å². The highest BCUT2D eigenvalue weighted by Gasteiger charge is 2.20. The quantitative estimate of drug-likeness (QED) is 0.830. The summed E-state index contributed by atoms with van der Waals surface area (Å²) >= 11 is 0. The Hall–Kier alpha value is -1.40. The highest BCUT2D eigenvalue weighted by Crippen LogP contribution is 2.13.